The Morgan fingerprint density at radius 1 is 1.15 bits per heavy atom. The molecular formula is C19H15BrF5N5O2S. The van der Waals surface area contributed by atoms with Crippen LogP contribution in [0.4, 0.5) is 27.8 Å². The monoisotopic (exact) mass is 551 g/mol. The third-order valence-electron chi connectivity index (χ3n) is 5.02. The molecule has 4 rings (SSSR count). The van der Waals surface area contributed by atoms with E-state index in [-0.39, 0.29) is 21.8 Å². The molecule has 0 fully saturated rings. The van der Waals surface area contributed by atoms with Gasteiger partial charge in [0.15, 0.2) is 27.0 Å². The number of nitrogens with zero attached hydrogens (tertiary/aromatic N) is 4. The molecule has 1 atom stereocenters. The van der Waals surface area contributed by atoms with E-state index in [1.54, 1.807) is 25.1 Å². The molecule has 33 heavy (non-hydrogen) atoms. The highest BCUT2D eigenvalue weighted by atomic mass is 79.9. The maximum atomic E-state index is 13.8. The van der Waals surface area contributed by atoms with Gasteiger partial charge in [0.05, 0.1) is 22.7 Å². The van der Waals surface area contributed by atoms with Gasteiger partial charge in [0.25, 0.3) is 0 Å². The Labute approximate surface area is 192 Å². The van der Waals surface area contributed by atoms with E-state index >= 15 is 0 Å². The lowest BCUT2D eigenvalue weighted by Crippen LogP contribution is -2.42. The van der Waals surface area contributed by atoms with Gasteiger partial charge in [-0.05, 0) is 31.2 Å². The van der Waals surface area contributed by atoms with Crippen LogP contribution in [0.1, 0.15) is 19.7 Å². The number of pyridine rings is 1. The predicted octanol–water partition coefficient (Wildman–Crippen LogP) is 3.39. The van der Waals surface area contributed by atoms with E-state index in [9.17, 15) is 30.4 Å². The lowest BCUT2D eigenvalue weighted by atomic mass is 10.2. The smallest absolute Gasteiger partial charge is 0.335 e. The first-order valence-electron chi connectivity index (χ1n) is 9.48. The molecular weight excluding hydrogens is 537 g/mol. The summed E-state index contributed by atoms with van der Waals surface area (Å²) in [4.78, 5) is 9.59. The summed E-state index contributed by atoms with van der Waals surface area (Å²) in [6, 6.07) is 5.72. The van der Waals surface area contributed by atoms with Crippen molar-refractivity contribution in [1.29, 1.82) is 0 Å². The van der Waals surface area contributed by atoms with Crippen LogP contribution in [-0.4, -0.2) is 41.3 Å². The Morgan fingerprint density at radius 2 is 1.85 bits per heavy atom. The van der Waals surface area contributed by atoms with Crippen molar-refractivity contribution in [3.05, 3.63) is 45.4 Å². The molecule has 0 bridgehead atoms. The van der Waals surface area contributed by atoms with Gasteiger partial charge in [0.1, 0.15) is 4.90 Å². The summed E-state index contributed by atoms with van der Waals surface area (Å²) in [6.45, 7) is 3.01. The molecule has 7 nitrogen and oxygen atoms in total. The van der Waals surface area contributed by atoms with Crippen LogP contribution < -0.4 is 15.8 Å². The second kappa shape index (κ2) is 7.72. The van der Waals surface area contributed by atoms with Crippen molar-refractivity contribution < 1.29 is 30.4 Å². The molecule has 0 spiro atoms. The van der Waals surface area contributed by atoms with Gasteiger partial charge >= 0.3 is 12.1 Å². The number of fused-ring (bicyclic) bond motifs is 2. The molecule has 1 aromatic carbocycles. The number of rotatable bonds is 4. The second-order valence-electron chi connectivity index (χ2n) is 7.30. The molecule has 14 heteroatoms. The number of hydrogen-bond donors (Lipinski definition) is 1. The van der Waals surface area contributed by atoms with E-state index in [0.717, 1.165) is 5.01 Å². The van der Waals surface area contributed by atoms with Gasteiger partial charge in [0.2, 0.25) is 0 Å². The van der Waals surface area contributed by atoms with Crippen molar-refractivity contribution in [2.75, 3.05) is 10.8 Å². The zero-order chi connectivity index (χ0) is 24.3. The van der Waals surface area contributed by atoms with Gasteiger partial charge in [-0.15, -0.1) is 5.10 Å². The standard InChI is InChI=1S/C19H15BrF5N5O2S/c1-3-33(31,32)14-7-10-4-5-11(20)8-12(10)26-16(14)30-9(2)6-13-15(29-30)28-17(27-13)18(21,22)19(23,24)25/h4-9H,3H2,1-2H3,(H,27,28,29). The minimum atomic E-state index is -5.85. The van der Waals surface area contributed by atoms with Crippen LogP contribution in [0.2, 0.25) is 0 Å². The molecule has 1 N–H and O–H groups in total. The van der Waals surface area contributed by atoms with E-state index < -0.39 is 39.3 Å². The van der Waals surface area contributed by atoms with Crippen LogP contribution in [0.15, 0.2) is 38.7 Å². The van der Waals surface area contributed by atoms with Crippen LogP contribution in [0, 0.1) is 0 Å². The fraction of sp³-hybridized carbons (Fsp3) is 0.316. The summed E-state index contributed by atoms with van der Waals surface area (Å²) >= 11 is 3.32. The van der Waals surface area contributed by atoms with Crippen molar-refractivity contribution >= 4 is 48.6 Å². The summed E-state index contributed by atoms with van der Waals surface area (Å²) < 4.78 is 92.1. The summed E-state index contributed by atoms with van der Waals surface area (Å²) in [5, 5.41) is 5.61. The van der Waals surface area contributed by atoms with Crippen molar-refractivity contribution in [2.24, 2.45) is 5.10 Å². The molecule has 2 aromatic heterocycles. The number of aromatic nitrogens is 3. The van der Waals surface area contributed by atoms with E-state index in [2.05, 4.69) is 31.0 Å². The average molecular weight is 552 g/mol. The van der Waals surface area contributed by atoms with E-state index in [1.807, 2.05) is 4.98 Å². The Hall–Kier alpha value is -2.61. The quantitative estimate of drug-likeness (QED) is 0.502. The third kappa shape index (κ3) is 3.98. The highest BCUT2D eigenvalue weighted by Crippen LogP contribution is 2.41. The maximum absolute atomic E-state index is 13.8. The van der Waals surface area contributed by atoms with Crippen LogP contribution in [0.3, 0.4) is 0 Å². The number of nitrogens with one attached hydrogen (secondary N) is 1. The molecule has 176 valence electrons. The average Bonchev–Trinajstić information content (AvgIpc) is 3.14. The van der Waals surface area contributed by atoms with Crippen molar-refractivity contribution in [3.8, 4) is 0 Å². The van der Waals surface area contributed by atoms with E-state index in [4.69, 9.17) is 0 Å². The number of halogens is 6. The molecule has 0 saturated heterocycles. The Morgan fingerprint density at radius 3 is 2.48 bits per heavy atom. The van der Waals surface area contributed by atoms with Crippen LogP contribution in [-0.2, 0) is 15.8 Å². The Balaban J connectivity index is 1.94. The van der Waals surface area contributed by atoms with E-state index in [0.29, 0.717) is 15.4 Å². The second-order valence-corrected chi connectivity index (χ2v) is 10.5. The number of aromatic amines is 1. The Kier molecular flexibility index (Phi) is 5.51. The molecule has 1 aliphatic rings. The minimum absolute atomic E-state index is 0.0935. The van der Waals surface area contributed by atoms with Gasteiger partial charge in [0, 0.05) is 9.86 Å². The van der Waals surface area contributed by atoms with Crippen molar-refractivity contribution in [3.63, 3.8) is 0 Å². The zero-order valence-electron chi connectivity index (χ0n) is 17.0. The molecule has 3 heterocycles. The van der Waals surface area contributed by atoms with Gasteiger partial charge in [-0.25, -0.2) is 23.4 Å². The summed E-state index contributed by atoms with van der Waals surface area (Å²) in [7, 11) is -3.80. The highest BCUT2D eigenvalue weighted by Gasteiger charge is 2.61. The predicted molar refractivity (Wildman–Crippen MR) is 113 cm³/mol. The number of H-pyrrole nitrogens is 1. The van der Waals surface area contributed by atoms with Gasteiger partial charge < -0.3 is 4.98 Å². The first-order valence-corrected chi connectivity index (χ1v) is 11.9. The van der Waals surface area contributed by atoms with Crippen molar-refractivity contribution in [1.82, 2.24) is 15.0 Å². The minimum Gasteiger partial charge on any atom is -0.335 e. The summed E-state index contributed by atoms with van der Waals surface area (Å²) in [5.41, 5.74) is -0.0167. The number of benzene rings is 1. The molecule has 3 aromatic rings. The summed E-state index contributed by atoms with van der Waals surface area (Å²) in [6.07, 6.45) is -4.53. The molecule has 0 radical (unpaired) electrons. The molecule has 0 aliphatic carbocycles. The normalized spacial score (nSPS) is 17.0. The fourth-order valence-electron chi connectivity index (χ4n) is 3.26. The molecule has 1 aliphatic heterocycles. The number of hydrogen-bond acceptors (Lipinski definition) is 6. The van der Waals surface area contributed by atoms with Crippen LogP contribution >= 0.6 is 15.9 Å². The van der Waals surface area contributed by atoms with E-state index in [1.165, 1.54) is 19.1 Å². The van der Waals surface area contributed by atoms with Gasteiger partial charge in [-0.2, -0.15) is 22.0 Å². The number of imidazole rings is 1. The van der Waals surface area contributed by atoms with Crippen LogP contribution in [0.5, 0.6) is 0 Å². The van der Waals surface area contributed by atoms with Gasteiger partial charge in [-0.1, -0.05) is 28.9 Å². The third-order valence-corrected chi connectivity index (χ3v) is 7.24. The van der Waals surface area contributed by atoms with Gasteiger partial charge in [-0.3, -0.25) is 0 Å². The maximum Gasteiger partial charge on any atom is 0.461 e. The SMILES string of the molecule is CCS(=O)(=O)c1cc2ccc(Br)cc2nc1N1N=c2nc(C(F)(F)C(F)(F)F)[nH]c2=CC1C. The molecule has 0 amide bonds. The lowest BCUT2D eigenvalue weighted by molar-refractivity contribution is -0.292. The largest absolute Gasteiger partial charge is 0.461 e. The number of sulfone groups is 1. The summed E-state index contributed by atoms with van der Waals surface area (Å²) in [5.74, 6) is -7.16. The lowest BCUT2D eigenvalue weighted by Gasteiger charge is -2.26. The Bertz CT molecular complexity index is 1490. The van der Waals surface area contributed by atoms with Crippen molar-refractivity contribution in [2.45, 2.75) is 36.9 Å². The number of alkyl halides is 5. The first kappa shape index (κ1) is 23.5. The molecule has 0 saturated carbocycles. The zero-order valence-corrected chi connectivity index (χ0v) is 19.4. The molecule has 1 unspecified atom stereocenters. The topological polar surface area (TPSA) is 91.3 Å². The first-order chi connectivity index (χ1) is 15.2. The fourth-order valence-corrected chi connectivity index (χ4v) is 4.64. The highest BCUT2D eigenvalue weighted by molar-refractivity contribution is 9.10. The van der Waals surface area contributed by atoms with Crippen LogP contribution in [0.25, 0.3) is 17.0 Å². The number of anilines is 1.